The molecule has 1 aromatic rings. The summed E-state index contributed by atoms with van der Waals surface area (Å²) in [5.74, 6) is -0.959. The first kappa shape index (κ1) is 11.7. The Labute approximate surface area is 88.9 Å². The highest BCUT2D eigenvalue weighted by Gasteiger charge is 2.26. The summed E-state index contributed by atoms with van der Waals surface area (Å²) in [5, 5.41) is 12.9. The van der Waals surface area contributed by atoms with E-state index in [2.05, 4.69) is 5.10 Å². The van der Waals surface area contributed by atoms with Gasteiger partial charge in [0.05, 0.1) is 6.20 Å². The Morgan fingerprint density at radius 2 is 2.40 bits per heavy atom. The van der Waals surface area contributed by atoms with Gasteiger partial charge in [0.25, 0.3) is 0 Å². The minimum atomic E-state index is -1.14. The molecule has 5 heteroatoms. The van der Waals surface area contributed by atoms with E-state index in [1.54, 1.807) is 10.9 Å². The van der Waals surface area contributed by atoms with Gasteiger partial charge in [0.2, 0.25) is 0 Å². The molecule has 1 aromatic heterocycles. The average molecular weight is 211 g/mol. The van der Waals surface area contributed by atoms with E-state index in [-0.39, 0.29) is 0 Å². The van der Waals surface area contributed by atoms with Crippen LogP contribution in [0.15, 0.2) is 12.4 Å². The molecule has 0 aliphatic heterocycles. The number of carbonyl (C=O) groups is 1. The van der Waals surface area contributed by atoms with E-state index in [0.29, 0.717) is 19.4 Å². The van der Waals surface area contributed by atoms with Crippen LogP contribution in [0.2, 0.25) is 0 Å². The maximum Gasteiger partial charge on any atom is 0.323 e. The van der Waals surface area contributed by atoms with Gasteiger partial charge in [0, 0.05) is 12.7 Å². The SMILES string of the molecule is Cc1cnn(CCCC(C)(N)C(=O)O)c1. The highest BCUT2D eigenvalue weighted by atomic mass is 16.4. The van der Waals surface area contributed by atoms with Crippen LogP contribution in [0.25, 0.3) is 0 Å². The zero-order chi connectivity index (χ0) is 11.5. The van der Waals surface area contributed by atoms with Gasteiger partial charge in [-0.2, -0.15) is 5.10 Å². The maximum atomic E-state index is 10.7. The lowest BCUT2D eigenvalue weighted by molar-refractivity contribution is -0.142. The Kier molecular flexibility index (Phi) is 3.47. The predicted octanol–water partition coefficient (Wildman–Crippen LogP) is 0.774. The van der Waals surface area contributed by atoms with Crippen molar-refractivity contribution in [1.29, 1.82) is 0 Å². The van der Waals surface area contributed by atoms with E-state index in [9.17, 15) is 4.79 Å². The second-order valence-electron chi connectivity index (χ2n) is 4.11. The van der Waals surface area contributed by atoms with Crippen molar-refractivity contribution in [1.82, 2.24) is 9.78 Å². The molecule has 0 bridgehead atoms. The summed E-state index contributed by atoms with van der Waals surface area (Å²) < 4.78 is 1.80. The number of aryl methyl sites for hydroxylation is 2. The van der Waals surface area contributed by atoms with Crippen molar-refractivity contribution < 1.29 is 9.90 Å². The molecule has 0 amide bonds. The van der Waals surface area contributed by atoms with Gasteiger partial charge in [-0.25, -0.2) is 0 Å². The first-order valence-corrected chi connectivity index (χ1v) is 4.93. The molecule has 0 aromatic carbocycles. The van der Waals surface area contributed by atoms with Gasteiger partial charge in [-0.1, -0.05) is 0 Å². The van der Waals surface area contributed by atoms with E-state index < -0.39 is 11.5 Å². The highest BCUT2D eigenvalue weighted by Crippen LogP contribution is 2.10. The average Bonchev–Trinajstić information content (AvgIpc) is 2.51. The minimum absolute atomic E-state index is 0.446. The number of hydrogen-bond acceptors (Lipinski definition) is 3. The van der Waals surface area contributed by atoms with Crippen molar-refractivity contribution in [2.75, 3.05) is 0 Å². The number of nitrogens with zero attached hydrogens (tertiary/aromatic N) is 2. The molecule has 0 fully saturated rings. The molecule has 0 saturated carbocycles. The third-order valence-electron chi connectivity index (χ3n) is 2.33. The summed E-state index contributed by atoms with van der Waals surface area (Å²) in [6.45, 7) is 4.20. The molecule has 1 rings (SSSR count). The normalized spacial score (nSPS) is 14.9. The molecule has 0 spiro atoms. The molecule has 1 unspecified atom stereocenters. The lowest BCUT2D eigenvalue weighted by Gasteiger charge is -2.18. The van der Waals surface area contributed by atoms with E-state index in [0.717, 1.165) is 5.56 Å². The lowest BCUT2D eigenvalue weighted by atomic mass is 9.98. The maximum absolute atomic E-state index is 10.7. The number of aliphatic carboxylic acids is 1. The summed E-state index contributed by atoms with van der Waals surface area (Å²) in [7, 11) is 0. The van der Waals surface area contributed by atoms with Crippen LogP contribution in [0, 0.1) is 6.92 Å². The first-order valence-electron chi connectivity index (χ1n) is 4.93. The van der Waals surface area contributed by atoms with Crippen molar-refractivity contribution >= 4 is 5.97 Å². The zero-order valence-electron chi connectivity index (χ0n) is 9.10. The zero-order valence-corrected chi connectivity index (χ0v) is 9.10. The van der Waals surface area contributed by atoms with Crippen molar-refractivity contribution in [2.45, 2.75) is 38.8 Å². The summed E-state index contributed by atoms with van der Waals surface area (Å²) >= 11 is 0. The van der Waals surface area contributed by atoms with E-state index >= 15 is 0 Å². The van der Waals surface area contributed by atoms with Gasteiger partial charge in [-0.3, -0.25) is 9.48 Å². The third-order valence-corrected chi connectivity index (χ3v) is 2.33. The molecule has 5 nitrogen and oxygen atoms in total. The summed E-state index contributed by atoms with van der Waals surface area (Å²) in [6, 6.07) is 0. The monoisotopic (exact) mass is 211 g/mol. The molecule has 0 aliphatic rings. The van der Waals surface area contributed by atoms with E-state index in [4.69, 9.17) is 10.8 Å². The predicted molar refractivity (Wildman–Crippen MR) is 56.4 cm³/mol. The van der Waals surface area contributed by atoms with Gasteiger partial charge in [-0.05, 0) is 32.3 Å². The molecule has 0 radical (unpaired) electrons. The Hall–Kier alpha value is -1.36. The van der Waals surface area contributed by atoms with Crippen LogP contribution in [0.5, 0.6) is 0 Å². The number of rotatable bonds is 5. The summed E-state index contributed by atoms with van der Waals surface area (Å²) in [5.41, 5.74) is 5.56. The Morgan fingerprint density at radius 3 is 2.87 bits per heavy atom. The van der Waals surface area contributed by atoms with Gasteiger partial charge >= 0.3 is 5.97 Å². The molecular formula is C10H17N3O2. The van der Waals surface area contributed by atoms with Crippen LogP contribution < -0.4 is 5.73 Å². The first-order chi connectivity index (χ1) is 6.92. The van der Waals surface area contributed by atoms with E-state index in [1.807, 2.05) is 13.1 Å². The standard InChI is InChI=1S/C10H17N3O2/c1-8-6-12-13(7-8)5-3-4-10(2,11)9(14)15/h6-7H,3-5,11H2,1-2H3,(H,14,15). The smallest absolute Gasteiger partial charge is 0.323 e. The molecular weight excluding hydrogens is 194 g/mol. The quantitative estimate of drug-likeness (QED) is 0.754. The minimum Gasteiger partial charge on any atom is -0.480 e. The fourth-order valence-corrected chi connectivity index (χ4v) is 1.30. The van der Waals surface area contributed by atoms with Crippen molar-refractivity contribution in [2.24, 2.45) is 5.73 Å². The van der Waals surface area contributed by atoms with Crippen LogP contribution in [0.4, 0.5) is 0 Å². The summed E-state index contributed by atoms with van der Waals surface area (Å²) in [4.78, 5) is 10.7. The number of nitrogens with two attached hydrogens (primary N) is 1. The molecule has 1 heterocycles. The van der Waals surface area contributed by atoms with Crippen LogP contribution >= 0.6 is 0 Å². The Balaban J connectivity index is 2.36. The summed E-state index contributed by atoms with van der Waals surface area (Å²) in [6.07, 6.45) is 4.86. The van der Waals surface area contributed by atoms with Crippen molar-refractivity contribution in [3.05, 3.63) is 18.0 Å². The lowest BCUT2D eigenvalue weighted by Crippen LogP contribution is -2.44. The number of carboxylic acids is 1. The fraction of sp³-hybridized carbons (Fsp3) is 0.600. The molecule has 15 heavy (non-hydrogen) atoms. The van der Waals surface area contributed by atoms with Crippen LogP contribution in [0.1, 0.15) is 25.3 Å². The van der Waals surface area contributed by atoms with Crippen molar-refractivity contribution in [3.8, 4) is 0 Å². The van der Waals surface area contributed by atoms with Gasteiger partial charge < -0.3 is 10.8 Å². The number of hydrogen-bond donors (Lipinski definition) is 2. The number of aromatic nitrogens is 2. The molecule has 0 saturated heterocycles. The molecule has 3 N–H and O–H groups in total. The van der Waals surface area contributed by atoms with Gasteiger partial charge in [0.15, 0.2) is 0 Å². The molecule has 0 aliphatic carbocycles. The number of carboxylic acid groups (broad SMARTS) is 1. The molecule has 1 atom stereocenters. The van der Waals surface area contributed by atoms with Gasteiger partial charge in [-0.15, -0.1) is 0 Å². The topological polar surface area (TPSA) is 81.1 Å². The van der Waals surface area contributed by atoms with Crippen LogP contribution in [-0.2, 0) is 11.3 Å². The fourth-order valence-electron chi connectivity index (χ4n) is 1.30. The van der Waals surface area contributed by atoms with Crippen LogP contribution in [-0.4, -0.2) is 26.4 Å². The molecule has 84 valence electrons. The highest BCUT2D eigenvalue weighted by molar-refractivity contribution is 5.77. The Bertz CT molecular complexity index is 344. The van der Waals surface area contributed by atoms with Crippen LogP contribution in [0.3, 0.4) is 0 Å². The van der Waals surface area contributed by atoms with Crippen molar-refractivity contribution in [3.63, 3.8) is 0 Å². The van der Waals surface area contributed by atoms with E-state index in [1.165, 1.54) is 6.92 Å². The largest absolute Gasteiger partial charge is 0.480 e. The second kappa shape index (κ2) is 4.44. The second-order valence-corrected chi connectivity index (χ2v) is 4.11. The van der Waals surface area contributed by atoms with Gasteiger partial charge in [0.1, 0.15) is 5.54 Å². The third kappa shape index (κ3) is 3.36. The Morgan fingerprint density at radius 1 is 1.73 bits per heavy atom.